The molecule has 1 aromatic heterocycles. The number of nitrogens with one attached hydrogen (secondary N) is 1. The average Bonchev–Trinajstić information content (AvgIpc) is 3.08. The maximum absolute atomic E-state index is 14.5. The van der Waals surface area contributed by atoms with E-state index in [1.54, 1.807) is 4.90 Å². The van der Waals surface area contributed by atoms with Crippen molar-refractivity contribution in [3.63, 3.8) is 0 Å². The number of anilines is 1. The van der Waals surface area contributed by atoms with Crippen LogP contribution in [0.15, 0.2) is 30.2 Å². The Morgan fingerprint density at radius 1 is 1.33 bits per heavy atom. The predicted molar refractivity (Wildman–Crippen MR) is 101 cm³/mol. The summed E-state index contributed by atoms with van der Waals surface area (Å²) in [6.45, 7) is 8.10. The van der Waals surface area contributed by atoms with Gasteiger partial charge in [-0.15, -0.1) is 0 Å². The van der Waals surface area contributed by atoms with Crippen LogP contribution in [0.2, 0.25) is 0 Å². The van der Waals surface area contributed by atoms with Gasteiger partial charge < -0.3 is 20.7 Å². The van der Waals surface area contributed by atoms with Crippen LogP contribution in [0.25, 0.3) is 22.6 Å². The number of benzene rings is 1. The fraction of sp³-hybridized carbons (Fsp3) is 0.263. The Morgan fingerprint density at radius 3 is 2.56 bits per heavy atom. The first kappa shape index (κ1) is 18.8. The van der Waals surface area contributed by atoms with Crippen LogP contribution in [0.5, 0.6) is 0 Å². The molecule has 8 heteroatoms. The third kappa shape index (κ3) is 3.12. The number of nitrogens with two attached hydrogens (primary N) is 1. The Balaban J connectivity index is 2.39. The van der Waals surface area contributed by atoms with Crippen molar-refractivity contribution in [3.05, 3.63) is 52.3 Å². The van der Waals surface area contributed by atoms with E-state index in [2.05, 4.69) is 18.1 Å². The number of nitrogens with zero attached hydrogens (tertiary/aromatic N) is 1. The zero-order chi connectivity index (χ0) is 19.9. The van der Waals surface area contributed by atoms with Gasteiger partial charge in [0.05, 0.1) is 16.8 Å². The third-order valence-electron chi connectivity index (χ3n) is 4.88. The minimum absolute atomic E-state index is 0.0636. The van der Waals surface area contributed by atoms with Crippen molar-refractivity contribution in [2.45, 2.75) is 6.42 Å². The minimum atomic E-state index is -1.44. The molecule has 0 bridgehead atoms. The normalized spacial score (nSPS) is 16.7. The molecule has 0 radical (unpaired) electrons. The van der Waals surface area contributed by atoms with E-state index in [0.717, 1.165) is 12.6 Å². The van der Waals surface area contributed by atoms with Crippen LogP contribution >= 0.6 is 0 Å². The molecular formula is C19H19F2N3O3. The molecule has 0 aliphatic carbocycles. The average molecular weight is 375 g/mol. The molecule has 1 unspecified atom stereocenters. The molecule has 27 heavy (non-hydrogen) atoms. The van der Waals surface area contributed by atoms with E-state index in [0.29, 0.717) is 19.6 Å². The van der Waals surface area contributed by atoms with E-state index in [1.807, 2.05) is 0 Å². The van der Waals surface area contributed by atoms with E-state index in [1.165, 1.54) is 6.07 Å². The van der Waals surface area contributed by atoms with Gasteiger partial charge in [-0.1, -0.05) is 13.2 Å². The third-order valence-corrected chi connectivity index (χ3v) is 4.88. The van der Waals surface area contributed by atoms with Crippen LogP contribution in [0, 0.1) is 5.92 Å². The molecule has 0 amide bonds. The molecule has 3 rings (SSSR count). The summed E-state index contributed by atoms with van der Waals surface area (Å²) in [5.41, 5.74) is 4.50. The first-order chi connectivity index (χ1) is 12.8. The van der Waals surface area contributed by atoms with Crippen LogP contribution in [0.1, 0.15) is 27.9 Å². The molecule has 1 fully saturated rings. The van der Waals surface area contributed by atoms with E-state index in [9.17, 15) is 18.4 Å². The van der Waals surface area contributed by atoms with Gasteiger partial charge in [0.15, 0.2) is 0 Å². The van der Waals surface area contributed by atoms with Crippen molar-refractivity contribution in [1.82, 2.24) is 4.98 Å². The molecule has 142 valence electrons. The molecule has 4 N–H and O–H groups in total. The van der Waals surface area contributed by atoms with Gasteiger partial charge in [0.25, 0.3) is 0 Å². The smallest absolute Gasteiger partial charge is 0.341 e. The van der Waals surface area contributed by atoms with E-state index in [4.69, 9.17) is 10.8 Å². The van der Waals surface area contributed by atoms with Crippen molar-refractivity contribution >= 4 is 34.2 Å². The van der Waals surface area contributed by atoms with Gasteiger partial charge in [-0.25, -0.2) is 13.6 Å². The van der Waals surface area contributed by atoms with Crippen molar-refractivity contribution in [2.24, 2.45) is 11.7 Å². The largest absolute Gasteiger partial charge is 0.477 e. The predicted octanol–water partition coefficient (Wildman–Crippen LogP) is 2.89. The molecule has 6 nitrogen and oxygen atoms in total. The van der Waals surface area contributed by atoms with Gasteiger partial charge in [-0.2, -0.15) is 0 Å². The molecule has 0 saturated carbocycles. The summed E-state index contributed by atoms with van der Waals surface area (Å²) in [4.78, 5) is 28.2. The fourth-order valence-electron chi connectivity index (χ4n) is 3.54. The lowest BCUT2D eigenvalue weighted by Gasteiger charge is -2.25. The first-order valence-electron chi connectivity index (χ1n) is 8.36. The van der Waals surface area contributed by atoms with Crippen molar-refractivity contribution < 1.29 is 18.7 Å². The second-order valence-electron chi connectivity index (χ2n) is 6.55. The number of carboxylic acids is 1. The topological polar surface area (TPSA) is 99.4 Å². The monoisotopic (exact) mass is 375 g/mol. The molecule has 1 aliphatic rings. The van der Waals surface area contributed by atoms with E-state index < -0.39 is 28.6 Å². The second kappa shape index (κ2) is 6.96. The lowest BCUT2D eigenvalue weighted by atomic mass is 9.98. The Kier molecular flexibility index (Phi) is 4.84. The summed E-state index contributed by atoms with van der Waals surface area (Å²) in [5, 5.41) is 9.00. The van der Waals surface area contributed by atoms with Gasteiger partial charge >= 0.3 is 5.97 Å². The van der Waals surface area contributed by atoms with Gasteiger partial charge in [0.1, 0.15) is 17.2 Å². The minimum Gasteiger partial charge on any atom is -0.477 e. The highest BCUT2D eigenvalue weighted by Crippen LogP contribution is 2.41. The van der Waals surface area contributed by atoms with Crippen LogP contribution in [-0.2, 0) is 0 Å². The van der Waals surface area contributed by atoms with Crippen LogP contribution < -0.4 is 16.1 Å². The summed E-state index contributed by atoms with van der Waals surface area (Å²) >= 11 is 0. The second-order valence-corrected chi connectivity index (χ2v) is 6.55. The highest BCUT2D eigenvalue weighted by atomic mass is 19.1. The molecular weight excluding hydrogens is 356 g/mol. The zero-order valence-corrected chi connectivity index (χ0v) is 14.5. The lowest BCUT2D eigenvalue weighted by molar-refractivity contribution is 0.0695. The molecule has 2 aromatic rings. The molecule has 2 heterocycles. The number of aromatic carboxylic acids is 1. The number of aromatic nitrogens is 1. The van der Waals surface area contributed by atoms with Crippen molar-refractivity contribution in [1.29, 1.82) is 0 Å². The fourth-order valence-corrected chi connectivity index (χ4v) is 3.54. The Bertz CT molecular complexity index is 1030. The quantitative estimate of drug-likeness (QED) is 0.746. The Labute approximate surface area is 153 Å². The molecule has 0 spiro atoms. The zero-order valence-electron chi connectivity index (χ0n) is 14.5. The standard InChI is InChI=1S/C19H19F2N3O3/c1-9(20)12-5-13-16(23-7-14(18(13)25)19(26)27)15(10(2)21)17(12)24-4-3-11(6-22)8-24/h5,7,11H,1-4,6,8,22H2,(H,23,25)(H,26,27). The van der Waals surface area contributed by atoms with E-state index in [-0.39, 0.29) is 33.6 Å². The molecule has 1 aromatic carbocycles. The summed E-state index contributed by atoms with van der Waals surface area (Å²) in [6.07, 6.45) is 1.76. The van der Waals surface area contributed by atoms with Crippen LogP contribution in [-0.4, -0.2) is 35.7 Å². The number of rotatable bonds is 5. The van der Waals surface area contributed by atoms with Crippen LogP contribution in [0.4, 0.5) is 14.5 Å². The molecule has 1 aliphatic heterocycles. The van der Waals surface area contributed by atoms with Gasteiger partial charge in [0, 0.05) is 30.2 Å². The van der Waals surface area contributed by atoms with E-state index >= 15 is 0 Å². The van der Waals surface area contributed by atoms with Crippen molar-refractivity contribution in [2.75, 3.05) is 24.5 Å². The Hall–Kier alpha value is -3.00. The van der Waals surface area contributed by atoms with Gasteiger partial charge in [-0.05, 0) is 24.9 Å². The number of hydrogen-bond acceptors (Lipinski definition) is 4. The number of hydrogen-bond donors (Lipinski definition) is 3. The van der Waals surface area contributed by atoms with Crippen molar-refractivity contribution in [3.8, 4) is 0 Å². The molecule has 1 saturated heterocycles. The Morgan fingerprint density at radius 2 is 2.04 bits per heavy atom. The number of H-pyrrole nitrogens is 1. The maximum atomic E-state index is 14.5. The number of pyridine rings is 1. The maximum Gasteiger partial charge on any atom is 0.341 e. The highest BCUT2D eigenvalue weighted by Gasteiger charge is 2.29. The number of fused-ring (bicyclic) bond motifs is 1. The number of halogens is 2. The SMILES string of the molecule is C=C(F)c1cc2c(=O)c(C(=O)O)c[nH]c2c(C(=C)F)c1N1CCC(CN)C1. The van der Waals surface area contributed by atoms with Gasteiger partial charge in [0.2, 0.25) is 5.43 Å². The van der Waals surface area contributed by atoms with Gasteiger partial charge in [-0.3, -0.25) is 4.79 Å². The number of carboxylic acid groups (broad SMARTS) is 1. The highest BCUT2D eigenvalue weighted by molar-refractivity contribution is 6.02. The summed E-state index contributed by atoms with van der Waals surface area (Å²) in [5.74, 6) is -2.98. The lowest BCUT2D eigenvalue weighted by Crippen LogP contribution is -2.25. The molecule has 1 atom stereocenters. The summed E-state index contributed by atoms with van der Waals surface area (Å²) in [6, 6.07) is 1.21. The number of aromatic amines is 1. The summed E-state index contributed by atoms with van der Waals surface area (Å²) in [7, 11) is 0. The first-order valence-corrected chi connectivity index (χ1v) is 8.36. The van der Waals surface area contributed by atoms with Crippen LogP contribution in [0.3, 0.4) is 0 Å². The number of carbonyl (C=O) groups is 1. The summed E-state index contributed by atoms with van der Waals surface area (Å²) < 4.78 is 28.7.